The number of aryl methyl sites for hydroxylation is 1. The van der Waals surface area contributed by atoms with Gasteiger partial charge in [-0.3, -0.25) is 14.2 Å². The molecule has 0 unspecified atom stereocenters. The molecule has 0 atom stereocenters. The molecule has 43 heavy (non-hydrogen) atoms. The van der Waals surface area contributed by atoms with E-state index in [1.807, 2.05) is 12.1 Å². The third kappa shape index (κ3) is 7.52. The van der Waals surface area contributed by atoms with Crippen LogP contribution in [0, 0.1) is 0 Å². The van der Waals surface area contributed by atoms with Crippen LogP contribution in [-0.4, -0.2) is 61.1 Å². The van der Waals surface area contributed by atoms with Crippen molar-refractivity contribution in [2.75, 3.05) is 39.0 Å². The molecule has 1 heterocycles. The Labute approximate surface area is 252 Å². The van der Waals surface area contributed by atoms with E-state index in [1.54, 1.807) is 57.5 Å². The number of anilines is 1. The Morgan fingerprint density at radius 3 is 2.28 bits per heavy atom. The summed E-state index contributed by atoms with van der Waals surface area (Å²) in [6, 6.07) is 16.4. The summed E-state index contributed by atoms with van der Waals surface area (Å²) in [5.41, 5.74) is 2.04. The van der Waals surface area contributed by atoms with Gasteiger partial charge in [0, 0.05) is 12.2 Å². The lowest BCUT2D eigenvalue weighted by atomic mass is 10.1. The summed E-state index contributed by atoms with van der Waals surface area (Å²) in [5.74, 6) is -0.220. The van der Waals surface area contributed by atoms with E-state index < -0.39 is 11.9 Å². The van der Waals surface area contributed by atoms with E-state index in [1.165, 1.54) is 23.8 Å². The minimum atomic E-state index is -0.552. The van der Waals surface area contributed by atoms with Crippen molar-refractivity contribution in [2.45, 2.75) is 25.0 Å². The maximum absolute atomic E-state index is 13.6. The molecule has 4 rings (SSSR count). The number of rotatable bonds is 12. The summed E-state index contributed by atoms with van der Waals surface area (Å²) in [7, 11) is 4.38. The van der Waals surface area contributed by atoms with Gasteiger partial charge in [0.25, 0.3) is 5.56 Å². The number of esters is 2. The lowest BCUT2D eigenvalue weighted by Gasteiger charge is -2.14. The molecule has 12 heteroatoms. The van der Waals surface area contributed by atoms with Gasteiger partial charge in [-0.1, -0.05) is 17.8 Å². The average Bonchev–Trinajstić information content (AvgIpc) is 3.03. The second-order valence-corrected chi connectivity index (χ2v) is 10.1. The second kappa shape index (κ2) is 14.4. The van der Waals surface area contributed by atoms with Crippen molar-refractivity contribution in [1.29, 1.82) is 0 Å². The third-order valence-electron chi connectivity index (χ3n) is 6.43. The van der Waals surface area contributed by atoms with Gasteiger partial charge < -0.3 is 24.3 Å². The van der Waals surface area contributed by atoms with Crippen molar-refractivity contribution in [3.63, 3.8) is 0 Å². The molecular weight excluding hydrogens is 574 g/mol. The highest BCUT2D eigenvalue weighted by Crippen LogP contribution is 2.28. The van der Waals surface area contributed by atoms with Crippen LogP contribution in [0.1, 0.15) is 33.2 Å². The zero-order chi connectivity index (χ0) is 30.9. The number of nitrogens with one attached hydrogen (secondary N) is 1. The van der Waals surface area contributed by atoms with Crippen LogP contribution in [0.5, 0.6) is 11.5 Å². The van der Waals surface area contributed by atoms with E-state index in [4.69, 9.17) is 18.9 Å². The quantitative estimate of drug-likeness (QED) is 0.141. The number of hydrogen-bond acceptors (Lipinski definition) is 10. The van der Waals surface area contributed by atoms with E-state index in [2.05, 4.69) is 10.3 Å². The fourth-order valence-corrected chi connectivity index (χ4v) is 5.09. The molecule has 4 aromatic rings. The van der Waals surface area contributed by atoms with E-state index in [-0.39, 0.29) is 35.9 Å². The predicted octanol–water partition coefficient (Wildman–Crippen LogP) is 4.35. The highest BCUT2D eigenvalue weighted by molar-refractivity contribution is 7.99. The maximum Gasteiger partial charge on any atom is 0.338 e. The van der Waals surface area contributed by atoms with Gasteiger partial charge in [0.05, 0.1) is 55.7 Å². The Morgan fingerprint density at radius 1 is 0.884 bits per heavy atom. The van der Waals surface area contributed by atoms with Crippen LogP contribution in [0.3, 0.4) is 0 Å². The van der Waals surface area contributed by atoms with Gasteiger partial charge in [-0.2, -0.15) is 0 Å². The van der Waals surface area contributed by atoms with Crippen molar-refractivity contribution in [3.05, 3.63) is 87.7 Å². The Kier molecular flexibility index (Phi) is 10.4. The van der Waals surface area contributed by atoms with Crippen molar-refractivity contribution >= 4 is 46.2 Å². The van der Waals surface area contributed by atoms with E-state index in [0.717, 1.165) is 17.3 Å². The van der Waals surface area contributed by atoms with Crippen LogP contribution in [0.4, 0.5) is 5.69 Å². The first-order chi connectivity index (χ1) is 20.8. The summed E-state index contributed by atoms with van der Waals surface area (Å²) in [6.07, 6.45) is 0.472. The standard InChI is InChI=1S/C31H31N3O8S/c1-5-42-30(38)20-7-10-22(11-8-20)32-27(35)18-43-31-33-24-17-21(29(37)41-4)9-12-23(24)28(36)34(31)15-14-19-6-13-25(39-2)26(16-19)40-3/h6-13,16-17H,5,14-15,18H2,1-4H3,(H,32,35). The van der Waals surface area contributed by atoms with E-state index in [9.17, 15) is 19.2 Å². The molecule has 11 nitrogen and oxygen atoms in total. The van der Waals surface area contributed by atoms with Gasteiger partial charge in [0.15, 0.2) is 16.7 Å². The van der Waals surface area contributed by atoms with Crippen LogP contribution in [-0.2, 0) is 27.2 Å². The Bertz CT molecular complexity index is 1700. The number of hydrogen-bond donors (Lipinski definition) is 1. The van der Waals surface area contributed by atoms with Gasteiger partial charge in [-0.25, -0.2) is 14.6 Å². The van der Waals surface area contributed by atoms with Gasteiger partial charge in [0.1, 0.15) is 0 Å². The molecule has 224 valence electrons. The van der Waals surface area contributed by atoms with E-state index in [0.29, 0.717) is 45.2 Å². The molecule has 1 N–H and O–H groups in total. The van der Waals surface area contributed by atoms with Crippen molar-refractivity contribution in [3.8, 4) is 11.5 Å². The molecular formula is C31H31N3O8S. The SMILES string of the molecule is CCOC(=O)c1ccc(NC(=O)CSc2nc3cc(C(=O)OC)ccc3c(=O)n2CCc2ccc(OC)c(OC)c2)cc1. The summed E-state index contributed by atoms with van der Waals surface area (Å²) in [4.78, 5) is 55.1. The number of nitrogens with zero attached hydrogens (tertiary/aromatic N) is 2. The van der Waals surface area contributed by atoms with Gasteiger partial charge >= 0.3 is 11.9 Å². The Hall–Kier alpha value is -4.84. The maximum atomic E-state index is 13.6. The highest BCUT2D eigenvalue weighted by Gasteiger charge is 2.17. The summed E-state index contributed by atoms with van der Waals surface area (Å²) >= 11 is 1.09. The van der Waals surface area contributed by atoms with Gasteiger partial charge in [0.2, 0.25) is 5.91 Å². The first-order valence-corrected chi connectivity index (χ1v) is 14.3. The van der Waals surface area contributed by atoms with Crippen LogP contribution in [0.2, 0.25) is 0 Å². The highest BCUT2D eigenvalue weighted by atomic mass is 32.2. The van der Waals surface area contributed by atoms with Gasteiger partial charge in [-0.05, 0) is 73.5 Å². The zero-order valence-corrected chi connectivity index (χ0v) is 25.0. The summed E-state index contributed by atoms with van der Waals surface area (Å²) in [5, 5.41) is 3.42. The molecule has 0 aliphatic rings. The molecule has 0 fully saturated rings. The number of ether oxygens (including phenoxy) is 4. The number of thioether (sulfide) groups is 1. The fourth-order valence-electron chi connectivity index (χ4n) is 4.26. The molecule has 0 saturated carbocycles. The monoisotopic (exact) mass is 605 g/mol. The summed E-state index contributed by atoms with van der Waals surface area (Å²) in [6.45, 7) is 2.26. The summed E-state index contributed by atoms with van der Waals surface area (Å²) < 4.78 is 22.0. The molecule has 3 aromatic carbocycles. The number of amides is 1. The molecule has 1 aromatic heterocycles. The first-order valence-electron chi connectivity index (χ1n) is 13.3. The van der Waals surface area contributed by atoms with Crippen molar-refractivity contribution < 1.29 is 33.3 Å². The molecule has 0 bridgehead atoms. The number of carbonyl (C=O) groups excluding carboxylic acids is 3. The number of benzene rings is 3. The Balaban J connectivity index is 1.58. The minimum absolute atomic E-state index is 0.0510. The topological polar surface area (TPSA) is 135 Å². The smallest absolute Gasteiger partial charge is 0.338 e. The zero-order valence-electron chi connectivity index (χ0n) is 24.2. The van der Waals surface area contributed by atoms with Crippen LogP contribution >= 0.6 is 11.8 Å². The molecule has 0 spiro atoms. The van der Waals surface area contributed by atoms with Gasteiger partial charge in [-0.15, -0.1) is 0 Å². The molecule has 1 amide bonds. The fraction of sp³-hybridized carbons (Fsp3) is 0.258. The molecule has 0 aliphatic heterocycles. The van der Waals surface area contributed by atoms with Crippen LogP contribution in [0.25, 0.3) is 10.9 Å². The predicted molar refractivity (Wildman–Crippen MR) is 162 cm³/mol. The average molecular weight is 606 g/mol. The normalized spacial score (nSPS) is 10.7. The lowest BCUT2D eigenvalue weighted by Crippen LogP contribution is -2.25. The number of methoxy groups -OCH3 is 3. The van der Waals surface area contributed by atoms with Crippen molar-refractivity contribution in [2.24, 2.45) is 0 Å². The lowest BCUT2D eigenvalue weighted by molar-refractivity contribution is -0.113. The first kappa shape index (κ1) is 31.1. The largest absolute Gasteiger partial charge is 0.493 e. The number of carbonyl (C=O) groups is 3. The minimum Gasteiger partial charge on any atom is -0.493 e. The number of aromatic nitrogens is 2. The Morgan fingerprint density at radius 2 is 1.60 bits per heavy atom. The second-order valence-electron chi connectivity index (χ2n) is 9.15. The number of fused-ring (bicyclic) bond motifs is 1. The van der Waals surface area contributed by atoms with E-state index >= 15 is 0 Å². The van der Waals surface area contributed by atoms with Crippen LogP contribution < -0.4 is 20.3 Å². The van der Waals surface area contributed by atoms with Crippen LogP contribution in [0.15, 0.2) is 70.6 Å². The molecule has 0 radical (unpaired) electrons. The molecule has 0 saturated heterocycles. The molecule has 0 aliphatic carbocycles. The van der Waals surface area contributed by atoms with Crippen molar-refractivity contribution in [1.82, 2.24) is 9.55 Å². The third-order valence-corrected chi connectivity index (χ3v) is 7.40.